The van der Waals surface area contributed by atoms with Crippen molar-refractivity contribution in [3.8, 4) is 0 Å². The Labute approximate surface area is 122 Å². The van der Waals surface area contributed by atoms with Crippen LogP contribution in [0.5, 0.6) is 0 Å². The van der Waals surface area contributed by atoms with Gasteiger partial charge < -0.3 is 5.32 Å². The van der Waals surface area contributed by atoms with Crippen molar-refractivity contribution in [2.75, 3.05) is 5.32 Å². The molecule has 0 atom stereocenters. The molecule has 0 spiro atoms. The normalized spacial score (nSPS) is 10.2. The topological polar surface area (TPSA) is 46.2 Å². The van der Waals surface area contributed by atoms with Crippen LogP contribution in [0, 0.1) is 6.92 Å². The van der Waals surface area contributed by atoms with Crippen LogP contribution in [0.4, 0.5) is 5.69 Å². The van der Waals surface area contributed by atoms with E-state index < -0.39 is 0 Å². The average molecular weight is 288 g/mol. The molecule has 20 heavy (non-hydrogen) atoms. The molecule has 0 saturated heterocycles. The van der Waals surface area contributed by atoms with Gasteiger partial charge in [0.25, 0.3) is 5.91 Å². The molecule has 2 aromatic carbocycles. The van der Waals surface area contributed by atoms with Gasteiger partial charge in [-0.3, -0.25) is 9.59 Å². The van der Waals surface area contributed by atoms with E-state index in [9.17, 15) is 9.59 Å². The number of ketones is 1. The Hall–Kier alpha value is -2.13. The number of aryl methyl sites for hydroxylation is 1. The SMILES string of the molecule is CC(=O)c1ccc(NC(=O)c2ccc(C)c(Cl)c2)cc1. The lowest BCUT2D eigenvalue weighted by molar-refractivity contribution is 0.101. The lowest BCUT2D eigenvalue weighted by Crippen LogP contribution is -2.12. The summed E-state index contributed by atoms with van der Waals surface area (Å²) in [6.07, 6.45) is 0. The first-order valence-corrected chi connectivity index (χ1v) is 6.53. The number of carbonyl (C=O) groups is 2. The molecule has 0 aromatic heterocycles. The second-order valence-electron chi connectivity index (χ2n) is 4.55. The van der Waals surface area contributed by atoms with Crippen molar-refractivity contribution in [3.05, 3.63) is 64.2 Å². The van der Waals surface area contributed by atoms with Gasteiger partial charge in [-0.25, -0.2) is 0 Å². The van der Waals surface area contributed by atoms with Gasteiger partial charge in [0.2, 0.25) is 0 Å². The van der Waals surface area contributed by atoms with Crippen molar-refractivity contribution in [2.24, 2.45) is 0 Å². The summed E-state index contributed by atoms with van der Waals surface area (Å²) in [7, 11) is 0. The maximum absolute atomic E-state index is 12.1. The number of rotatable bonds is 3. The molecule has 0 aliphatic rings. The van der Waals surface area contributed by atoms with Crippen LogP contribution in [-0.2, 0) is 0 Å². The smallest absolute Gasteiger partial charge is 0.255 e. The highest BCUT2D eigenvalue weighted by molar-refractivity contribution is 6.31. The molecule has 0 aliphatic heterocycles. The summed E-state index contributed by atoms with van der Waals surface area (Å²) in [5.74, 6) is -0.240. The van der Waals surface area contributed by atoms with E-state index in [-0.39, 0.29) is 11.7 Å². The Morgan fingerprint density at radius 2 is 1.60 bits per heavy atom. The summed E-state index contributed by atoms with van der Waals surface area (Å²) in [6.45, 7) is 3.38. The standard InChI is InChI=1S/C16H14ClNO2/c1-10-3-4-13(9-15(10)17)16(20)18-14-7-5-12(6-8-14)11(2)19/h3-9H,1-2H3,(H,18,20). The van der Waals surface area contributed by atoms with Crippen LogP contribution in [0.2, 0.25) is 5.02 Å². The molecule has 102 valence electrons. The third-order valence-electron chi connectivity index (χ3n) is 2.98. The first-order chi connectivity index (χ1) is 9.47. The van der Waals surface area contributed by atoms with Gasteiger partial charge in [0.1, 0.15) is 0 Å². The van der Waals surface area contributed by atoms with Crippen molar-refractivity contribution in [1.29, 1.82) is 0 Å². The van der Waals surface area contributed by atoms with Crippen molar-refractivity contribution < 1.29 is 9.59 Å². The lowest BCUT2D eigenvalue weighted by Gasteiger charge is -2.07. The maximum atomic E-state index is 12.1. The molecule has 0 aliphatic carbocycles. The number of Topliss-reactive ketones (excluding diaryl/α,β-unsaturated/α-hetero) is 1. The molecule has 1 amide bonds. The minimum Gasteiger partial charge on any atom is -0.322 e. The third-order valence-corrected chi connectivity index (χ3v) is 3.39. The molecule has 4 heteroatoms. The summed E-state index contributed by atoms with van der Waals surface area (Å²) in [6, 6.07) is 11.9. The number of nitrogens with one attached hydrogen (secondary N) is 1. The van der Waals surface area contributed by atoms with E-state index in [4.69, 9.17) is 11.6 Å². The van der Waals surface area contributed by atoms with Gasteiger partial charge in [-0.05, 0) is 55.8 Å². The monoisotopic (exact) mass is 287 g/mol. The average Bonchev–Trinajstić information content (AvgIpc) is 2.42. The first kappa shape index (κ1) is 14.3. The van der Waals surface area contributed by atoms with Crippen molar-refractivity contribution >= 4 is 29.0 Å². The summed E-state index contributed by atoms with van der Waals surface area (Å²) in [5, 5.41) is 3.32. The molecule has 0 saturated carbocycles. The highest BCUT2D eigenvalue weighted by Gasteiger charge is 2.08. The van der Waals surface area contributed by atoms with Crippen LogP contribution in [0.25, 0.3) is 0 Å². The largest absolute Gasteiger partial charge is 0.322 e. The number of benzene rings is 2. The minimum absolute atomic E-state index is 0.00630. The molecule has 2 rings (SSSR count). The second kappa shape index (κ2) is 5.88. The molecule has 0 radical (unpaired) electrons. The molecular weight excluding hydrogens is 274 g/mol. The second-order valence-corrected chi connectivity index (χ2v) is 4.96. The van der Waals surface area contributed by atoms with Crippen LogP contribution in [0.1, 0.15) is 33.2 Å². The molecular formula is C16H14ClNO2. The molecule has 0 heterocycles. The highest BCUT2D eigenvalue weighted by Crippen LogP contribution is 2.18. The molecule has 1 N–H and O–H groups in total. The summed E-state index contributed by atoms with van der Waals surface area (Å²) < 4.78 is 0. The van der Waals surface area contributed by atoms with E-state index >= 15 is 0 Å². The van der Waals surface area contributed by atoms with Crippen LogP contribution in [0.15, 0.2) is 42.5 Å². The molecule has 3 nitrogen and oxygen atoms in total. The van der Waals surface area contributed by atoms with Crippen molar-refractivity contribution in [1.82, 2.24) is 0 Å². The molecule has 2 aromatic rings. The minimum atomic E-state index is -0.234. The van der Waals surface area contributed by atoms with Crippen LogP contribution < -0.4 is 5.32 Å². The number of hydrogen-bond donors (Lipinski definition) is 1. The van der Waals surface area contributed by atoms with Gasteiger partial charge in [0, 0.05) is 21.8 Å². The zero-order valence-electron chi connectivity index (χ0n) is 11.2. The van der Waals surface area contributed by atoms with Gasteiger partial charge in [-0.2, -0.15) is 0 Å². The molecule has 0 fully saturated rings. The Balaban J connectivity index is 2.14. The van der Waals surface area contributed by atoms with Gasteiger partial charge in [0.05, 0.1) is 0 Å². The summed E-state index contributed by atoms with van der Waals surface area (Å²) in [4.78, 5) is 23.2. The van der Waals surface area contributed by atoms with E-state index in [0.717, 1.165) is 5.56 Å². The van der Waals surface area contributed by atoms with Gasteiger partial charge in [-0.1, -0.05) is 17.7 Å². The van der Waals surface area contributed by atoms with Crippen LogP contribution in [-0.4, -0.2) is 11.7 Å². The molecule has 0 bridgehead atoms. The number of halogens is 1. The number of carbonyl (C=O) groups excluding carboxylic acids is 2. The zero-order chi connectivity index (χ0) is 14.7. The summed E-state index contributed by atoms with van der Waals surface area (Å²) in [5.41, 5.74) is 2.67. The van der Waals surface area contributed by atoms with Gasteiger partial charge in [0.15, 0.2) is 5.78 Å². The Bertz CT molecular complexity index is 663. The predicted octanol–water partition coefficient (Wildman–Crippen LogP) is 4.10. The zero-order valence-corrected chi connectivity index (χ0v) is 12.0. The van der Waals surface area contributed by atoms with Crippen molar-refractivity contribution in [3.63, 3.8) is 0 Å². The van der Waals surface area contributed by atoms with Gasteiger partial charge >= 0.3 is 0 Å². The Morgan fingerprint density at radius 1 is 1.00 bits per heavy atom. The van der Waals surface area contributed by atoms with Crippen LogP contribution in [0.3, 0.4) is 0 Å². The fraction of sp³-hybridized carbons (Fsp3) is 0.125. The fourth-order valence-corrected chi connectivity index (χ4v) is 1.91. The highest BCUT2D eigenvalue weighted by atomic mass is 35.5. The third kappa shape index (κ3) is 3.25. The summed E-state index contributed by atoms with van der Waals surface area (Å²) >= 11 is 6.00. The number of anilines is 1. The lowest BCUT2D eigenvalue weighted by atomic mass is 10.1. The van der Waals surface area contributed by atoms with E-state index in [1.165, 1.54) is 6.92 Å². The number of hydrogen-bond acceptors (Lipinski definition) is 2. The Kier molecular flexibility index (Phi) is 4.20. The van der Waals surface area contributed by atoms with Crippen LogP contribution >= 0.6 is 11.6 Å². The predicted molar refractivity (Wildman–Crippen MR) is 80.6 cm³/mol. The van der Waals surface area contributed by atoms with E-state index in [1.807, 2.05) is 6.92 Å². The first-order valence-electron chi connectivity index (χ1n) is 6.16. The van der Waals surface area contributed by atoms with E-state index in [1.54, 1.807) is 42.5 Å². The fourth-order valence-electron chi connectivity index (χ4n) is 1.73. The Morgan fingerprint density at radius 3 is 2.15 bits per heavy atom. The van der Waals surface area contributed by atoms with Crippen molar-refractivity contribution in [2.45, 2.75) is 13.8 Å². The number of amides is 1. The van der Waals surface area contributed by atoms with E-state index in [2.05, 4.69) is 5.32 Å². The quantitative estimate of drug-likeness (QED) is 0.864. The van der Waals surface area contributed by atoms with E-state index in [0.29, 0.717) is 21.8 Å². The maximum Gasteiger partial charge on any atom is 0.255 e. The molecule has 0 unspecified atom stereocenters. The van der Waals surface area contributed by atoms with Gasteiger partial charge in [-0.15, -0.1) is 0 Å².